The van der Waals surface area contributed by atoms with Gasteiger partial charge in [-0.3, -0.25) is 4.79 Å². The van der Waals surface area contributed by atoms with E-state index in [9.17, 15) is 4.79 Å². The molecule has 1 aliphatic heterocycles. The van der Waals surface area contributed by atoms with E-state index in [0.29, 0.717) is 5.92 Å². The number of amides is 1. The first-order valence-corrected chi connectivity index (χ1v) is 6.50. The number of hydrogen-bond acceptors (Lipinski definition) is 2. The van der Waals surface area contributed by atoms with Crippen molar-refractivity contribution in [1.29, 1.82) is 0 Å². The van der Waals surface area contributed by atoms with Crippen LogP contribution in [-0.4, -0.2) is 15.5 Å². The van der Waals surface area contributed by atoms with E-state index in [1.807, 2.05) is 16.7 Å². The molecule has 1 aromatic carbocycles. The number of nitrogens with zero attached hydrogens (tertiary/aromatic N) is 2. The fraction of sp³-hybridized carbons (Fsp3) is 0.333. The number of anilines is 1. The lowest BCUT2D eigenvalue weighted by molar-refractivity contribution is -0.120. The molecule has 1 aliphatic carbocycles. The Morgan fingerprint density at radius 1 is 1.41 bits per heavy atom. The van der Waals surface area contributed by atoms with Crippen LogP contribution in [0.2, 0.25) is 0 Å². The van der Waals surface area contributed by atoms with Gasteiger partial charge in [-0.2, -0.15) is 0 Å². The summed E-state index contributed by atoms with van der Waals surface area (Å²) in [5.41, 5.74) is 2.83. The van der Waals surface area contributed by atoms with E-state index in [0.717, 1.165) is 34.0 Å². The fourth-order valence-electron chi connectivity index (χ4n) is 2.63. The Morgan fingerprint density at radius 3 is 3.00 bits per heavy atom. The Balaban J connectivity index is 2.02. The first-order chi connectivity index (χ1) is 8.24. The highest BCUT2D eigenvalue weighted by Gasteiger charge is 2.40. The monoisotopic (exact) mass is 291 g/mol. The molecule has 0 spiro atoms. The molecule has 86 valence electrons. The minimum Gasteiger partial charge on any atom is -0.322 e. The lowest BCUT2D eigenvalue weighted by atomic mass is 10.1. The molecule has 0 radical (unpaired) electrons. The topological polar surface area (TPSA) is 46.9 Å². The van der Waals surface area contributed by atoms with Crippen molar-refractivity contribution < 1.29 is 4.79 Å². The number of nitrogens with one attached hydrogen (secondary N) is 1. The van der Waals surface area contributed by atoms with Crippen LogP contribution in [0.3, 0.4) is 0 Å². The fourth-order valence-corrected chi connectivity index (χ4v) is 3.07. The third-order valence-electron chi connectivity index (χ3n) is 3.53. The van der Waals surface area contributed by atoms with Gasteiger partial charge < -0.3 is 9.88 Å². The summed E-state index contributed by atoms with van der Waals surface area (Å²) in [6, 6.07) is 3.85. The largest absolute Gasteiger partial charge is 0.322 e. The predicted octanol–water partition coefficient (Wildman–Crippen LogP) is 2.70. The van der Waals surface area contributed by atoms with Crippen molar-refractivity contribution in [2.75, 3.05) is 5.32 Å². The number of benzene rings is 1. The van der Waals surface area contributed by atoms with Crippen LogP contribution in [0.1, 0.15) is 18.9 Å². The predicted molar refractivity (Wildman–Crippen MR) is 67.8 cm³/mol. The van der Waals surface area contributed by atoms with Gasteiger partial charge in [0.2, 0.25) is 5.91 Å². The zero-order valence-electron chi connectivity index (χ0n) is 8.98. The smallest absolute Gasteiger partial charge is 0.247 e. The molecule has 17 heavy (non-hydrogen) atoms. The molecule has 5 heteroatoms. The molecular formula is C12H10BrN3O. The van der Waals surface area contributed by atoms with Gasteiger partial charge in [-0.25, -0.2) is 4.98 Å². The molecule has 1 unspecified atom stereocenters. The Labute approximate surface area is 106 Å². The number of hydrogen-bond donors (Lipinski definition) is 1. The van der Waals surface area contributed by atoms with Crippen LogP contribution < -0.4 is 5.32 Å². The molecule has 1 N–H and O–H groups in total. The van der Waals surface area contributed by atoms with E-state index in [1.54, 1.807) is 6.33 Å². The van der Waals surface area contributed by atoms with Gasteiger partial charge in [-0.05, 0) is 30.9 Å². The van der Waals surface area contributed by atoms with Gasteiger partial charge in [-0.1, -0.05) is 15.9 Å². The van der Waals surface area contributed by atoms with Crippen LogP contribution in [0.25, 0.3) is 11.0 Å². The van der Waals surface area contributed by atoms with Gasteiger partial charge in [0.15, 0.2) is 0 Å². The standard InChI is InChI=1S/C12H10BrN3O/c13-7-3-8-11-9(4-7)15-12(17)10(6-1-2-6)16(11)5-14-8/h3-6,10H,1-2H2,(H,15,17). The normalized spacial score (nSPS) is 22.9. The minimum atomic E-state index is -0.0614. The summed E-state index contributed by atoms with van der Waals surface area (Å²) < 4.78 is 2.98. The van der Waals surface area contributed by atoms with E-state index in [-0.39, 0.29) is 11.9 Å². The minimum absolute atomic E-state index is 0.0614. The molecule has 1 saturated carbocycles. The summed E-state index contributed by atoms with van der Waals surface area (Å²) in [6.07, 6.45) is 4.08. The molecule has 2 aliphatic rings. The Morgan fingerprint density at radius 2 is 2.24 bits per heavy atom. The maximum Gasteiger partial charge on any atom is 0.247 e. The van der Waals surface area contributed by atoms with Crippen LogP contribution in [0.5, 0.6) is 0 Å². The molecule has 1 amide bonds. The second kappa shape index (κ2) is 3.10. The van der Waals surface area contributed by atoms with Gasteiger partial charge in [0, 0.05) is 4.47 Å². The zero-order chi connectivity index (χ0) is 11.6. The molecule has 4 rings (SSSR count). The molecule has 0 saturated heterocycles. The van der Waals surface area contributed by atoms with Gasteiger partial charge in [-0.15, -0.1) is 0 Å². The third-order valence-corrected chi connectivity index (χ3v) is 3.99. The van der Waals surface area contributed by atoms with E-state index < -0.39 is 0 Å². The number of carbonyl (C=O) groups excluding carboxylic acids is 1. The van der Waals surface area contributed by atoms with Gasteiger partial charge in [0.25, 0.3) is 0 Å². The number of carbonyl (C=O) groups is 1. The number of imidazole rings is 1. The van der Waals surface area contributed by atoms with Gasteiger partial charge in [0.05, 0.1) is 23.0 Å². The summed E-state index contributed by atoms with van der Waals surface area (Å²) in [4.78, 5) is 16.5. The lowest BCUT2D eigenvalue weighted by Gasteiger charge is -2.24. The van der Waals surface area contributed by atoms with E-state index in [4.69, 9.17) is 0 Å². The van der Waals surface area contributed by atoms with E-state index in [1.165, 1.54) is 0 Å². The van der Waals surface area contributed by atoms with Crippen molar-refractivity contribution in [3.63, 3.8) is 0 Å². The van der Waals surface area contributed by atoms with Crippen molar-refractivity contribution in [2.45, 2.75) is 18.9 Å². The maximum atomic E-state index is 12.1. The van der Waals surface area contributed by atoms with Crippen LogP contribution in [0, 0.1) is 5.92 Å². The van der Waals surface area contributed by atoms with Crippen LogP contribution in [0.4, 0.5) is 5.69 Å². The quantitative estimate of drug-likeness (QED) is 0.878. The summed E-state index contributed by atoms with van der Waals surface area (Å²) in [5, 5.41) is 2.99. The highest BCUT2D eigenvalue weighted by Crippen LogP contribution is 2.44. The lowest BCUT2D eigenvalue weighted by Crippen LogP contribution is -2.31. The summed E-state index contributed by atoms with van der Waals surface area (Å²) >= 11 is 3.43. The Hall–Kier alpha value is -1.36. The molecule has 1 fully saturated rings. The van der Waals surface area contributed by atoms with Gasteiger partial charge >= 0.3 is 0 Å². The molecule has 4 nitrogen and oxygen atoms in total. The van der Waals surface area contributed by atoms with E-state index >= 15 is 0 Å². The average Bonchev–Trinajstić information content (AvgIpc) is 3.00. The van der Waals surface area contributed by atoms with Crippen molar-refractivity contribution in [2.24, 2.45) is 5.92 Å². The van der Waals surface area contributed by atoms with E-state index in [2.05, 4.69) is 26.2 Å². The highest BCUT2D eigenvalue weighted by molar-refractivity contribution is 9.10. The second-order valence-corrected chi connectivity index (χ2v) is 5.66. The summed E-state index contributed by atoms with van der Waals surface area (Å²) in [5.74, 6) is 0.585. The zero-order valence-corrected chi connectivity index (χ0v) is 10.6. The number of aromatic nitrogens is 2. The van der Waals surface area contributed by atoms with Crippen molar-refractivity contribution in [1.82, 2.24) is 9.55 Å². The second-order valence-electron chi connectivity index (χ2n) is 4.74. The summed E-state index contributed by atoms with van der Waals surface area (Å²) in [6.45, 7) is 0. The Kier molecular flexibility index (Phi) is 1.76. The molecular weight excluding hydrogens is 282 g/mol. The first-order valence-electron chi connectivity index (χ1n) is 5.71. The van der Waals surface area contributed by atoms with Crippen LogP contribution >= 0.6 is 15.9 Å². The third kappa shape index (κ3) is 1.29. The molecule has 1 aromatic heterocycles. The van der Waals surface area contributed by atoms with Gasteiger partial charge in [0.1, 0.15) is 6.04 Å². The molecule has 0 bridgehead atoms. The highest BCUT2D eigenvalue weighted by atomic mass is 79.9. The number of halogens is 1. The number of rotatable bonds is 1. The molecule has 2 heterocycles. The molecule has 1 atom stereocenters. The van der Waals surface area contributed by atoms with Crippen LogP contribution in [-0.2, 0) is 4.79 Å². The van der Waals surface area contributed by atoms with Crippen molar-refractivity contribution >= 4 is 38.6 Å². The van der Waals surface area contributed by atoms with Crippen LogP contribution in [0.15, 0.2) is 22.9 Å². The van der Waals surface area contributed by atoms with Crippen molar-refractivity contribution in [3.05, 3.63) is 22.9 Å². The Bertz CT molecular complexity index is 644. The SMILES string of the molecule is O=C1Nc2cc(Br)cc3ncn(c23)C1C1CC1. The maximum absolute atomic E-state index is 12.1. The average molecular weight is 292 g/mol. The molecule has 2 aromatic rings. The van der Waals surface area contributed by atoms with Crippen molar-refractivity contribution in [3.8, 4) is 0 Å². The summed E-state index contributed by atoms with van der Waals surface area (Å²) in [7, 11) is 0. The first kappa shape index (κ1) is 9.65.